The van der Waals surface area contributed by atoms with Crippen molar-refractivity contribution in [1.29, 1.82) is 0 Å². The number of para-hydroxylation sites is 1. The van der Waals surface area contributed by atoms with Crippen LogP contribution in [0.15, 0.2) is 64.6 Å². The Bertz CT molecular complexity index is 1440. The Morgan fingerprint density at radius 2 is 1.91 bits per heavy atom. The van der Waals surface area contributed by atoms with Crippen LogP contribution in [0.3, 0.4) is 0 Å². The van der Waals surface area contributed by atoms with Gasteiger partial charge in [0.2, 0.25) is 11.7 Å². The van der Waals surface area contributed by atoms with Crippen LogP contribution in [0.5, 0.6) is 0 Å². The minimum absolute atomic E-state index is 0.00857. The topological polar surface area (TPSA) is 72.5 Å². The Morgan fingerprint density at radius 1 is 1.15 bits per heavy atom. The van der Waals surface area contributed by atoms with E-state index in [1.54, 1.807) is 9.47 Å². The molecule has 4 aromatic rings. The third-order valence-corrected chi connectivity index (χ3v) is 6.42. The first kappa shape index (κ1) is 22.8. The minimum Gasteiger partial charge on any atom is -0.338 e. The van der Waals surface area contributed by atoms with E-state index < -0.39 is 0 Å². The van der Waals surface area contributed by atoms with Gasteiger partial charge in [-0.15, -0.1) is 10.2 Å². The summed E-state index contributed by atoms with van der Waals surface area (Å²) in [5.41, 5.74) is 4.36. The first-order valence-corrected chi connectivity index (χ1v) is 11.8. The molecule has 2 heterocycles. The summed E-state index contributed by atoms with van der Waals surface area (Å²) in [6, 6.07) is 13.4. The molecule has 0 aliphatic rings. The Hall–Kier alpha value is -3.39. The second-order valence-corrected chi connectivity index (χ2v) is 9.16. The first-order valence-electron chi connectivity index (χ1n) is 10.8. The number of aromatic nitrogens is 4. The predicted octanol–water partition coefficient (Wildman–Crippen LogP) is 4.17. The maximum atomic E-state index is 13.5. The van der Waals surface area contributed by atoms with Gasteiger partial charge in [-0.2, -0.15) is 0 Å². The molecule has 0 unspecified atom stereocenters. The van der Waals surface area contributed by atoms with Gasteiger partial charge in [-0.25, -0.2) is 4.57 Å². The quantitative estimate of drug-likeness (QED) is 0.305. The summed E-state index contributed by atoms with van der Waals surface area (Å²) in [5, 5.41) is 9.88. The molecule has 1 amide bonds. The molecule has 0 N–H and O–H groups in total. The van der Waals surface area contributed by atoms with Gasteiger partial charge < -0.3 is 4.90 Å². The van der Waals surface area contributed by atoms with Crippen molar-refractivity contribution in [2.75, 3.05) is 18.8 Å². The molecule has 0 saturated heterocycles. The van der Waals surface area contributed by atoms with Gasteiger partial charge in [0, 0.05) is 13.1 Å². The van der Waals surface area contributed by atoms with Gasteiger partial charge in [0.05, 0.1) is 22.3 Å². The molecular weight excluding hydrogens is 434 g/mol. The summed E-state index contributed by atoms with van der Waals surface area (Å²) >= 11 is 1.32. The smallest absolute Gasteiger partial charge is 0.267 e. The normalized spacial score (nSPS) is 11.3. The summed E-state index contributed by atoms with van der Waals surface area (Å²) < 4.78 is 3.47. The van der Waals surface area contributed by atoms with Gasteiger partial charge in [0.25, 0.3) is 5.56 Å². The Kier molecular flexibility index (Phi) is 6.37. The number of likely N-dealkylation sites (N-methyl/N-ethyl adjacent to an activating group) is 1. The standard InChI is InChI=1S/C25H27N5O2S/c1-6-28(14-16(2)3)22(31)15-33-25-27-26-24-29(20-12-11-17(4)13-18(20)5)23(32)19-9-7-8-10-21(19)30(24)25/h7-13H,2,6,14-15H2,1,3-5H3. The molecule has 4 rings (SSSR count). The monoisotopic (exact) mass is 461 g/mol. The molecule has 0 atom stereocenters. The maximum absolute atomic E-state index is 13.5. The number of thioether (sulfide) groups is 1. The highest BCUT2D eigenvalue weighted by molar-refractivity contribution is 7.99. The van der Waals surface area contributed by atoms with Gasteiger partial charge in [-0.1, -0.05) is 53.7 Å². The first-order chi connectivity index (χ1) is 15.8. The molecule has 7 nitrogen and oxygen atoms in total. The second-order valence-electron chi connectivity index (χ2n) is 8.22. The molecule has 2 aromatic heterocycles. The highest BCUT2D eigenvalue weighted by Crippen LogP contribution is 2.24. The average Bonchev–Trinajstić information content (AvgIpc) is 3.21. The Labute approximate surface area is 196 Å². The molecule has 0 radical (unpaired) electrons. The highest BCUT2D eigenvalue weighted by Gasteiger charge is 2.20. The largest absolute Gasteiger partial charge is 0.338 e. The van der Waals surface area contributed by atoms with Crippen molar-refractivity contribution in [3.05, 3.63) is 76.1 Å². The number of carbonyl (C=O) groups excluding carboxylic acids is 1. The van der Waals surface area contributed by atoms with Crippen molar-refractivity contribution in [3.8, 4) is 5.69 Å². The summed E-state index contributed by atoms with van der Waals surface area (Å²) in [6.07, 6.45) is 0. The molecular formula is C25H27N5O2S. The summed E-state index contributed by atoms with van der Waals surface area (Å²) in [6.45, 7) is 12.9. The van der Waals surface area contributed by atoms with E-state index in [0.717, 1.165) is 22.4 Å². The average molecular weight is 462 g/mol. The molecule has 2 aromatic carbocycles. The van der Waals surface area contributed by atoms with Crippen LogP contribution in [0.2, 0.25) is 0 Å². The number of carbonyl (C=O) groups is 1. The molecule has 0 spiro atoms. The van der Waals surface area contributed by atoms with E-state index >= 15 is 0 Å². The lowest BCUT2D eigenvalue weighted by Crippen LogP contribution is -2.33. The van der Waals surface area contributed by atoms with Crippen LogP contribution >= 0.6 is 11.8 Å². The number of rotatable bonds is 7. The number of fused-ring (bicyclic) bond motifs is 3. The van der Waals surface area contributed by atoms with E-state index in [4.69, 9.17) is 0 Å². The fourth-order valence-corrected chi connectivity index (χ4v) is 4.81. The molecule has 0 fully saturated rings. The van der Waals surface area contributed by atoms with Crippen molar-refractivity contribution >= 4 is 34.3 Å². The van der Waals surface area contributed by atoms with E-state index in [-0.39, 0.29) is 17.2 Å². The fourth-order valence-electron chi connectivity index (χ4n) is 3.97. The van der Waals surface area contributed by atoms with Crippen molar-refractivity contribution in [1.82, 2.24) is 24.1 Å². The van der Waals surface area contributed by atoms with Gasteiger partial charge in [0.1, 0.15) is 0 Å². The van der Waals surface area contributed by atoms with Crippen LogP contribution in [0.1, 0.15) is 25.0 Å². The van der Waals surface area contributed by atoms with Crippen LogP contribution in [0.25, 0.3) is 22.4 Å². The van der Waals surface area contributed by atoms with Crippen LogP contribution in [-0.4, -0.2) is 48.8 Å². The predicted molar refractivity (Wildman–Crippen MR) is 133 cm³/mol. The van der Waals surface area contributed by atoms with Crippen LogP contribution in [0, 0.1) is 13.8 Å². The number of hydrogen-bond donors (Lipinski definition) is 0. The van der Waals surface area contributed by atoms with Gasteiger partial charge in [-0.3, -0.25) is 14.0 Å². The Morgan fingerprint density at radius 3 is 2.61 bits per heavy atom. The molecule has 170 valence electrons. The summed E-state index contributed by atoms with van der Waals surface area (Å²) in [4.78, 5) is 28.0. The molecule has 0 aliphatic carbocycles. The van der Waals surface area contributed by atoms with Crippen molar-refractivity contribution in [2.45, 2.75) is 32.9 Å². The third kappa shape index (κ3) is 4.30. The number of benzene rings is 2. The van der Waals surface area contributed by atoms with E-state index in [9.17, 15) is 9.59 Å². The van der Waals surface area contributed by atoms with Gasteiger partial charge in [0.15, 0.2) is 5.16 Å². The molecule has 0 bridgehead atoms. The fraction of sp³-hybridized carbons (Fsp3) is 0.280. The summed E-state index contributed by atoms with van der Waals surface area (Å²) in [5.74, 6) is 0.656. The zero-order valence-electron chi connectivity index (χ0n) is 19.3. The van der Waals surface area contributed by atoms with Crippen LogP contribution < -0.4 is 5.56 Å². The lowest BCUT2D eigenvalue weighted by Gasteiger charge is -2.20. The van der Waals surface area contributed by atoms with E-state index in [2.05, 4.69) is 16.8 Å². The van der Waals surface area contributed by atoms with Crippen molar-refractivity contribution in [3.63, 3.8) is 0 Å². The number of hydrogen-bond acceptors (Lipinski definition) is 5. The third-order valence-electron chi connectivity index (χ3n) is 5.51. The number of amides is 1. The van der Waals surface area contributed by atoms with E-state index in [1.807, 2.05) is 74.6 Å². The molecule has 8 heteroatoms. The van der Waals surface area contributed by atoms with Crippen molar-refractivity contribution in [2.24, 2.45) is 0 Å². The van der Waals surface area contributed by atoms with E-state index in [1.165, 1.54) is 11.8 Å². The highest BCUT2D eigenvalue weighted by atomic mass is 32.2. The molecule has 33 heavy (non-hydrogen) atoms. The number of nitrogens with zero attached hydrogens (tertiary/aromatic N) is 5. The van der Waals surface area contributed by atoms with Gasteiger partial charge >= 0.3 is 0 Å². The molecule has 0 saturated carbocycles. The maximum Gasteiger partial charge on any atom is 0.267 e. The SMILES string of the molecule is C=C(C)CN(CC)C(=O)CSc1nnc2n(-c3ccc(C)cc3C)c(=O)c3ccccc3n12. The zero-order chi connectivity index (χ0) is 23.7. The zero-order valence-corrected chi connectivity index (χ0v) is 20.1. The van der Waals surface area contributed by atoms with Crippen molar-refractivity contribution < 1.29 is 4.79 Å². The van der Waals surface area contributed by atoms with E-state index in [0.29, 0.717) is 34.9 Å². The summed E-state index contributed by atoms with van der Waals surface area (Å²) in [7, 11) is 0. The van der Waals surface area contributed by atoms with Crippen LogP contribution in [0.4, 0.5) is 0 Å². The van der Waals surface area contributed by atoms with Crippen LogP contribution in [-0.2, 0) is 4.79 Å². The minimum atomic E-state index is -0.149. The Balaban J connectivity index is 1.84. The second kappa shape index (κ2) is 9.23. The molecule has 0 aliphatic heterocycles. The lowest BCUT2D eigenvalue weighted by molar-refractivity contribution is -0.127. The number of aryl methyl sites for hydroxylation is 2. The van der Waals surface area contributed by atoms with Gasteiger partial charge in [-0.05, 0) is 51.5 Å². The lowest BCUT2D eigenvalue weighted by atomic mass is 10.1.